The molecule has 0 amide bonds. The van der Waals surface area contributed by atoms with Crippen molar-refractivity contribution in [1.82, 2.24) is 0 Å². The third-order valence-corrected chi connectivity index (χ3v) is 5.15. The van der Waals surface area contributed by atoms with Crippen molar-refractivity contribution >= 4 is 34.6 Å². The third kappa shape index (κ3) is 4.25. The molecule has 150 valence electrons. The smallest absolute Gasteiger partial charge is 0.357 e. The van der Waals surface area contributed by atoms with Crippen molar-refractivity contribution in [2.75, 3.05) is 5.43 Å². The van der Waals surface area contributed by atoms with Crippen molar-refractivity contribution in [2.45, 2.75) is 43.6 Å². The Morgan fingerprint density at radius 1 is 1.11 bits per heavy atom. The first-order valence-corrected chi connectivity index (χ1v) is 8.87. The number of para-hydroxylation sites is 1. The molecular weight excluding hydrogens is 407 g/mol. The number of anilines is 1. The largest absolute Gasteiger partial charge is 0.376 e. The molecule has 1 aliphatic carbocycles. The van der Waals surface area contributed by atoms with Crippen molar-refractivity contribution in [3.05, 3.63) is 42.0 Å². The minimum Gasteiger partial charge on any atom is -0.376 e. The molecule has 0 heterocycles. The Balaban J connectivity index is 2.63. The predicted octanol–water partition coefficient (Wildman–Crippen LogP) is 5.84. The highest BCUT2D eigenvalue weighted by Crippen LogP contribution is 2.57. The minimum atomic E-state index is -4.72. The van der Waals surface area contributed by atoms with Gasteiger partial charge < -0.3 is 5.11 Å². The number of aliphatic hydroxyl groups is 1. The molecule has 9 heteroatoms. The molecule has 0 saturated carbocycles. The standard InChI is InChI=1S/C18H20Cl2F4N2O/c1-11-9-13(26-25-12-7-5-4-6-8-12)14(15(2,3)10-11)16(27,17(19,21)22)18(20,23)24/h4-9,14,25,27H,10H2,1-3H3/b26-13+. The fraction of sp³-hybridized carbons (Fsp3) is 0.500. The van der Waals surface area contributed by atoms with E-state index in [4.69, 9.17) is 23.2 Å². The van der Waals surface area contributed by atoms with Gasteiger partial charge in [0.25, 0.3) is 0 Å². The number of halogens is 6. The number of hydrogen-bond donors (Lipinski definition) is 2. The summed E-state index contributed by atoms with van der Waals surface area (Å²) in [4.78, 5) is 0. The number of hydrazone groups is 1. The zero-order valence-corrected chi connectivity index (χ0v) is 16.4. The van der Waals surface area contributed by atoms with Crippen LogP contribution in [0.2, 0.25) is 0 Å². The molecule has 3 nitrogen and oxygen atoms in total. The summed E-state index contributed by atoms with van der Waals surface area (Å²) in [6.45, 7) is 4.66. The van der Waals surface area contributed by atoms with Crippen LogP contribution in [0.15, 0.2) is 47.1 Å². The number of allylic oxidation sites excluding steroid dienone is 2. The molecule has 1 atom stereocenters. The molecule has 0 radical (unpaired) electrons. The molecule has 2 N–H and O–H groups in total. The van der Waals surface area contributed by atoms with Crippen LogP contribution in [0, 0.1) is 11.3 Å². The first kappa shape index (κ1) is 22.0. The predicted molar refractivity (Wildman–Crippen MR) is 99.7 cm³/mol. The van der Waals surface area contributed by atoms with Crippen molar-refractivity contribution in [3.63, 3.8) is 0 Å². The lowest BCUT2D eigenvalue weighted by molar-refractivity contribution is -0.246. The molecule has 0 aromatic heterocycles. The Hall–Kier alpha value is -1.31. The van der Waals surface area contributed by atoms with E-state index in [-0.39, 0.29) is 12.1 Å². The highest BCUT2D eigenvalue weighted by atomic mass is 35.5. The molecule has 1 aromatic rings. The van der Waals surface area contributed by atoms with Gasteiger partial charge in [-0.1, -0.05) is 37.6 Å². The summed E-state index contributed by atoms with van der Waals surface area (Å²) in [5.41, 5.74) is -1.63. The summed E-state index contributed by atoms with van der Waals surface area (Å²) >= 11 is 9.92. The van der Waals surface area contributed by atoms with Crippen molar-refractivity contribution in [2.24, 2.45) is 16.4 Å². The van der Waals surface area contributed by atoms with E-state index in [2.05, 4.69) is 10.5 Å². The fourth-order valence-corrected chi connectivity index (χ4v) is 4.12. The lowest BCUT2D eigenvalue weighted by atomic mass is 9.61. The van der Waals surface area contributed by atoms with Gasteiger partial charge in [0, 0.05) is 0 Å². The van der Waals surface area contributed by atoms with Crippen LogP contribution in [0.25, 0.3) is 0 Å². The molecular formula is C18H20Cl2F4N2O. The van der Waals surface area contributed by atoms with Crippen molar-refractivity contribution in [3.8, 4) is 0 Å². The fourth-order valence-electron chi connectivity index (χ4n) is 3.61. The van der Waals surface area contributed by atoms with E-state index in [0.29, 0.717) is 5.69 Å². The third-order valence-electron chi connectivity index (χ3n) is 4.58. The average molecular weight is 427 g/mol. The molecule has 1 aromatic carbocycles. The molecule has 0 aliphatic heterocycles. The number of nitrogens with zero attached hydrogens (tertiary/aromatic N) is 1. The van der Waals surface area contributed by atoms with Gasteiger partial charge >= 0.3 is 10.8 Å². The topological polar surface area (TPSA) is 44.6 Å². The summed E-state index contributed by atoms with van der Waals surface area (Å²) in [6.07, 6.45) is 1.55. The van der Waals surface area contributed by atoms with E-state index in [1.807, 2.05) is 0 Å². The minimum absolute atomic E-state index is 0.171. The SMILES string of the molecule is CC1=C/C(=N\Nc2ccccc2)C(C(O)(C(F)(F)Cl)C(F)(F)Cl)C(C)(C)C1. The first-order chi connectivity index (χ1) is 12.2. The van der Waals surface area contributed by atoms with Crippen molar-refractivity contribution in [1.29, 1.82) is 0 Å². The zero-order chi connectivity index (χ0) is 20.7. The van der Waals surface area contributed by atoms with Crippen molar-refractivity contribution < 1.29 is 22.7 Å². The van der Waals surface area contributed by atoms with Gasteiger partial charge in [0.2, 0.25) is 5.60 Å². The molecule has 1 aliphatic rings. The summed E-state index contributed by atoms with van der Waals surface area (Å²) in [6, 6.07) is 8.49. The van der Waals surface area contributed by atoms with Gasteiger partial charge in [-0.3, -0.25) is 5.43 Å². The van der Waals surface area contributed by atoms with Crippen LogP contribution in [0.1, 0.15) is 27.2 Å². The van der Waals surface area contributed by atoms with Crippen LogP contribution in [0.5, 0.6) is 0 Å². The molecule has 0 bridgehead atoms. The van der Waals surface area contributed by atoms with Gasteiger partial charge in [0.1, 0.15) is 0 Å². The number of alkyl halides is 6. The van der Waals surface area contributed by atoms with Gasteiger partial charge in [-0.05, 0) is 60.2 Å². The molecule has 0 spiro atoms. The van der Waals surface area contributed by atoms with Gasteiger partial charge in [0.15, 0.2) is 0 Å². The normalized spacial score (nSPS) is 22.5. The molecule has 2 rings (SSSR count). The zero-order valence-electron chi connectivity index (χ0n) is 14.9. The lowest BCUT2D eigenvalue weighted by Gasteiger charge is -2.49. The maximum Gasteiger partial charge on any atom is 0.357 e. The Morgan fingerprint density at radius 2 is 1.63 bits per heavy atom. The summed E-state index contributed by atoms with van der Waals surface area (Å²) in [5, 5.41) is 5.09. The number of nitrogens with one attached hydrogen (secondary N) is 1. The van der Waals surface area contributed by atoms with E-state index in [1.165, 1.54) is 19.9 Å². The molecule has 1 unspecified atom stereocenters. The first-order valence-electron chi connectivity index (χ1n) is 8.12. The number of benzene rings is 1. The van der Waals surface area contributed by atoms with Gasteiger partial charge in [-0.15, -0.1) is 0 Å². The second-order valence-corrected chi connectivity index (χ2v) is 8.31. The average Bonchev–Trinajstić information content (AvgIpc) is 2.49. The summed E-state index contributed by atoms with van der Waals surface area (Å²) in [5.74, 6) is -1.86. The van der Waals surface area contributed by atoms with E-state index in [9.17, 15) is 22.7 Å². The van der Waals surface area contributed by atoms with Crippen LogP contribution in [0.3, 0.4) is 0 Å². The summed E-state index contributed by atoms with van der Waals surface area (Å²) in [7, 11) is 0. The second kappa shape index (κ2) is 7.26. The van der Waals surface area contributed by atoms with Gasteiger partial charge in [0.05, 0.1) is 17.3 Å². The van der Waals surface area contributed by atoms with E-state index < -0.39 is 27.7 Å². The van der Waals surface area contributed by atoms with Crippen LogP contribution in [-0.4, -0.2) is 27.2 Å². The Kier molecular flexibility index (Phi) is 5.91. The van der Waals surface area contributed by atoms with Crippen LogP contribution >= 0.6 is 23.2 Å². The molecule has 0 fully saturated rings. The Bertz CT molecular complexity index is 726. The summed E-state index contributed by atoms with van der Waals surface area (Å²) < 4.78 is 56.3. The molecule has 0 saturated heterocycles. The Morgan fingerprint density at radius 3 is 2.11 bits per heavy atom. The maximum absolute atomic E-state index is 14.1. The maximum atomic E-state index is 14.1. The molecule has 27 heavy (non-hydrogen) atoms. The quantitative estimate of drug-likeness (QED) is 0.352. The highest BCUT2D eigenvalue weighted by molar-refractivity contribution is 6.27. The van der Waals surface area contributed by atoms with Crippen LogP contribution in [-0.2, 0) is 0 Å². The van der Waals surface area contributed by atoms with Gasteiger partial charge in [-0.2, -0.15) is 22.7 Å². The second-order valence-electron chi connectivity index (χ2n) is 7.37. The lowest BCUT2D eigenvalue weighted by Crippen LogP contribution is -2.66. The van der Waals surface area contributed by atoms with Crippen LogP contribution < -0.4 is 5.43 Å². The number of rotatable bonds is 5. The highest BCUT2D eigenvalue weighted by Gasteiger charge is 2.73. The van der Waals surface area contributed by atoms with E-state index >= 15 is 0 Å². The van der Waals surface area contributed by atoms with Crippen LogP contribution in [0.4, 0.5) is 23.2 Å². The van der Waals surface area contributed by atoms with E-state index in [1.54, 1.807) is 37.3 Å². The monoisotopic (exact) mass is 426 g/mol. The van der Waals surface area contributed by atoms with Gasteiger partial charge in [-0.25, -0.2) is 0 Å². The van der Waals surface area contributed by atoms with E-state index in [0.717, 1.165) is 5.57 Å². The Labute approximate surface area is 165 Å². The number of hydrogen-bond acceptors (Lipinski definition) is 3.